The van der Waals surface area contributed by atoms with Gasteiger partial charge in [0, 0.05) is 37.6 Å². The van der Waals surface area contributed by atoms with Crippen LogP contribution in [-0.2, 0) is 0 Å². The van der Waals surface area contributed by atoms with Crippen molar-refractivity contribution in [2.24, 2.45) is 5.41 Å². The van der Waals surface area contributed by atoms with Gasteiger partial charge in [-0.05, 0) is 37.2 Å². The van der Waals surface area contributed by atoms with Gasteiger partial charge in [-0.25, -0.2) is 9.97 Å². The molecule has 0 bridgehead atoms. The van der Waals surface area contributed by atoms with Crippen molar-refractivity contribution in [1.82, 2.24) is 15.3 Å². The summed E-state index contributed by atoms with van der Waals surface area (Å²) in [5, 5.41) is 3.95. The molecule has 2 heterocycles. The quantitative estimate of drug-likeness (QED) is 0.928. The van der Waals surface area contributed by atoms with E-state index >= 15 is 0 Å². The number of hydrogen-bond donors (Lipinski definition) is 1. The summed E-state index contributed by atoms with van der Waals surface area (Å²) in [4.78, 5) is 11.0. The minimum absolute atomic E-state index is 0.456. The number of hydrogen-bond acceptors (Lipinski definition) is 4. The summed E-state index contributed by atoms with van der Waals surface area (Å²) in [6.07, 6.45) is 11.5. The Morgan fingerprint density at radius 3 is 2.48 bits per heavy atom. The molecule has 1 aromatic heterocycles. The van der Waals surface area contributed by atoms with Crippen LogP contribution >= 0.6 is 0 Å². The first-order valence-electron chi connectivity index (χ1n) is 8.43. The molecule has 1 aromatic rings. The molecule has 1 aliphatic heterocycles. The normalized spacial score (nSPS) is 26.8. The van der Waals surface area contributed by atoms with Crippen molar-refractivity contribution >= 4 is 5.95 Å². The van der Waals surface area contributed by atoms with E-state index in [0.717, 1.165) is 19.0 Å². The Balaban J connectivity index is 1.52. The van der Waals surface area contributed by atoms with E-state index < -0.39 is 0 Å². The molecule has 0 aromatic carbocycles. The van der Waals surface area contributed by atoms with Gasteiger partial charge in [-0.3, -0.25) is 0 Å². The summed E-state index contributed by atoms with van der Waals surface area (Å²) < 4.78 is 0. The van der Waals surface area contributed by atoms with Crippen molar-refractivity contribution in [1.29, 1.82) is 0 Å². The van der Waals surface area contributed by atoms with E-state index in [1.807, 2.05) is 18.5 Å². The minimum Gasteiger partial charge on any atom is -0.341 e. The van der Waals surface area contributed by atoms with Crippen molar-refractivity contribution in [2.75, 3.05) is 18.0 Å². The first-order chi connectivity index (χ1) is 10.1. The Labute approximate surface area is 128 Å². The van der Waals surface area contributed by atoms with Crippen molar-refractivity contribution in [3.05, 3.63) is 18.5 Å². The molecular formula is C17H28N4. The van der Waals surface area contributed by atoms with Crippen LogP contribution in [0.25, 0.3) is 0 Å². The molecule has 1 saturated carbocycles. The second-order valence-corrected chi connectivity index (χ2v) is 7.26. The molecule has 1 atom stereocenters. The molecule has 4 heteroatoms. The molecule has 1 N–H and O–H groups in total. The first kappa shape index (κ1) is 14.8. The Morgan fingerprint density at radius 2 is 1.81 bits per heavy atom. The average molecular weight is 288 g/mol. The van der Waals surface area contributed by atoms with Crippen molar-refractivity contribution < 1.29 is 0 Å². The fraction of sp³-hybridized carbons (Fsp3) is 0.765. The number of nitrogens with zero attached hydrogens (tertiary/aromatic N) is 3. The topological polar surface area (TPSA) is 41.0 Å². The van der Waals surface area contributed by atoms with Crippen LogP contribution in [-0.4, -0.2) is 35.1 Å². The summed E-state index contributed by atoms with van der Waals surface area (Å²) >= 11 is 0. The smallest absolute Gasteiger partial charge is 0.225 e. The first-order valence-corrected chi connectivity index (χ1v) is 8.43. The standard InChI is InChI=1S/C17H28N4/c1-17(2)9-4-3-6-15(17)20-14-7-12-21(13-8-14)16-18-10-5-11-19-16/h5,10-11,14-15,20H,3-4,6-9,12-13H2,1-2H3. The van der Waals surface area contributed by atoms with Crippen molar-refractivity contribution in [2.45, 2.75) is 64.5 Å². The van der Waals surface area contributed by atoms with Gasteiger partial charge in [0.25, 0.3) is 0 Å². The van der Waals surface area contributed by atoms with E-state index in [2.05, 4.69) is 34.0 Å². The summed E-state index contributed by atoms with van der Waals surface area (Å²) in [5.41, 5.74) is 0.456. The number of anilines is 1. The summed E-state index contributed by atoms with van der Waals surface area (Å²) in [6, 6.07) is 3.23. The second-order valence-electron chi connectivity index (χ2n) is 7.26. The molecule has 21 heavy (non-hydrogen) atoms. The molecule has 1 unspecified atom stereocenters. The highest BCUT2D eigenvalue weighted by molar-refractivity contribution is 5.29. The van der Waals surface area contributed by atoms with Crippen LogP contribution in [0.4, 0.5) is 5.95 Å². The van der Waals surface area contributed by atoms with Gasteiger partial charge in [0.05, 0.1) is 0 Å². The lowest BCUT2D eigenvalue weighted by molar-refractivity contribution is 0.149. The van der Waals surface area contributed by atoms with Gasteiger partial charge in [-0.1, -0.05) is 26.7 Å². The van der Waals surface area contributed by atoms with E-state index in [1.165, 1.54) is 38.5 Å². The molecule has 2 aliphatic rings. The van der Waals surface area contributed by atoms with Crippen LogP contribution in [0.15, 0.2) is 18.5 Å². The highest BCUT2D eigenvalue weighted by Crippen LogP contribution is 2.36. The zero-order valence-electron chi connectivity index (χ0n) is 13.4. The van der Waals surface area contributed by atoms with E-state index in [0.29, 0.717) is 17.5 Å². The van der Waals surface area contributed by atoms with E-state index in [4.69, 9.17) is 0 Å². The van der Waals surface area contributed by atoms with Gasteiger partial charge >= 0.3 is 0 Å². The minimum atomic E-state index is 0.456. The monoisotopic (exact) mass is 288 g/mol. The number of piperidine rings is 1. The van der Waals surface area contributed by atoms with Gasteiger partial charge in [0.2, 0.25) is 5.95 Å². The molecule has 0 spiro atoms. The Kier molecular flexibility index (Phi) is 4.43. The average Bonchev–Trinajstić information content (AvgIpc) is 2.51. The van der Waals surface area contributed by atoms with Gasteiger partial charge in [0.15, 0.2) is 0 Å². The largest absolute Gasteiger partial charge is 0.341 e. The zero-order chi connectivity index (χ0) is 14.7. The number of aromatic nitrogens is 2. The van der Waals surface area contributed by atoms with E-state index in [1.54, 1.807) is 0 Å². The lowest BCUT2D eigenvalue weighted by Crippen LogP contribution is -2.52. The molecule has 2 fully saturated rings. The van der Waals surface area contributed by atoms with Crippen LogP contribution in [0.2, 0.25) is 0 Å². The fourth-order valence-electron chi connectivity index (χ4n) is 3.79. The molecule has 3 rings (SSSR count). The lowest BCUT2D eigenvalue weighted by atomic mass is 9.73. The fourth-order valence-corrected chi connectivity index (χ4v) is 3.79. The van der Waals surface area contributed by atoms with Crippen LogP contribution in [0.3, 0.4) is 0 Å². The van der Waals surface area contributed by atoms with Crippen LogP contribution < -0.4 is 10.2 Å². The number of rotatable bonds is 3. The molecule has 1 saturated heterocycles. The maximum absolute atomic E-state index is 4.36. The summed E-state index contributed by atoms with van der Waals surface area (Å²) in [6.45, 7) is 6.98. The zero-order valence-corrected chi connectivity index (χ0v) is 13.4. The van der Waals surface area contributed by atoms with Gasteiger partial charge < -0.3 is 10.2 Å². The maximum atomic E-state index is 4.36. The van der Waals surface area contributed by atoms with E-state index in [9.17, 15) is 0 Å². The van der Waals surface area contributed by atoms with Gasteiger partial charge in [0.1, 0.15) is 0 Å². The Morgan fingerprint density at radius 1 is 1.10 bits per heavy atom. The Bertz CT molecular complexity index is 437. The highest BCUT2D eigenvalue weighted by Gasteiger charge is 2.34. The molecule has 116 valence electrons. The molecule has 0 radical (unpaired) electrons. The highest BCUT2D eigenvalue weighted by atomic mass is 15.3. The third kappa shape index (κ3) is 3.54. The van der Waals surface area contributed by atoms with E-state index in [-0.39, 0.29) is 0 Å². The van der Waals surface area contributed by atoms with Gasteiger partial charge in [-0.2, -0.15) is 0 Å². The third-order valence-electron chi connectivity index (χ3n) is 5.27. The van der Waals surface area contributed by atoms with Gasteiger partial charge in [-0.15, -0.1) is 0 Å². The van der Waals surface area contributed by atoms with Crippen LogP contribution in [0, 0.1) is 5.41 Å². The Hall–Kier alpha value is -1.16. The summed E-state index contributed by atoms with van der Waals surface area (Å²) in [7, 11) is 0. The molecular weight excluding hydrogens is 260 g/mol. The summed E-state index contributed by atoms with van der Waals surface area (Å²) in [5.74, 6) is 0.883. The predicted molar refractivity (Wildman–Crippen MR) is 86.4 cm³/mol. The molecule has 1 aliphatic carbocycles. The van der Waals surface area contributed by atoms with Crippen LogP contribution in [0.5, 0.6) is 0 Å². The molecule has 0 amide bonds. The third-order valence-corrected chi connectivity index (χ3v) is 5.27. The van der Waals surface area contributed by atoms with Crippen LogP contribution in [0.1, 0.15) is 52.4 Å². The molecule has 4 nitrogen and oxygen atoms in total. The second kappa shape index (κ2) is 6.30. The predicted octanol–water partition coefficient (Wildman–Crippen LogP) is 3.00. The van der Waals surface area contributed by atoms with Crippen molar-refractivity contribution in [3.8, 4) is 0 Å². The lowest BCUT2D eigenvalue weighted by Gasteiger charge is -2.43. The SMILES string of the molecule is CC1(C)CCCCC1NC1CCN(c2ncccn2)CC1. The number of nitrogens with one attached hydrogen (secondary N) is 1. The maximum Gasteiger partial charge on any atom is 0.225 e. The van der Waals surface area contributed by atoms with Crippen molar-refractivity contribution in [3.63, 3.8) is 0 Å².